The van der Waals surface area contributed by atoms with Gasteiger partial charge in [0.2, 0.25) is 0 Å². The van der Waals surface area contributed by atoms with Gasteiger partial charge in [0, 0.05) is 25.4 Å². The van der Waals surface area contributed by atoms with Gasteiger partial charge in [-0.15, -0.1) is 0 Å². The maximum absolute atomic E-state index is 13.4. The van der Waals surface area contributed by atoms with Crippen molar-refractivity contribution >= 4 is 5.91 Å². The molecule has 2 aromatic heterocycles. The summed E-state index contributed by atoms with van der Waals surface area (Å²) in [4.78, 5) is 15.1. The fraction of sp³-hybridized carbons (Fsp3) is 0.409. The van der Waals surface area contributed by atoms with Crippen LogP contribution < -0.4 is 5.32 Å². The van der Waals surface area contributed by atoms with Crippen molar-refractivity contribution in [2.45, 2.75) is 32.2 Å². The lowest BCUT2D eigenvalue weighted by Crippen LogP contribution is -2.40. The molecule has 158 valence electrons. The van der Waals surface area contributed by atoms with Gasteiger partial charge in [-0.3, -0.25) is 14.4 Å². The lowest BCUT2D eigenvalue weighted by atomic mass is 10.0. The number of likely N-dealkylation sites (tertiary alicyclic amines) is 1. The van der Waals surface area contributed by atoms with Crippen LogP contribution in [0, 0.1) is 12.7 Å². The highest BCUT2D eigenvalue weighted by molar-refractivity contribution is 5.93. The molecule has 1 aromatic carbocycles. The minimum Gasteiger partial charge on any atom is -0.355 e. The number of hydrogen-bond donors (Lipinski definition) is 1. The number of aromatic nitrogens is 3. The third kappa shape index (κ3) is 4.28. The molecule has 1 saturated heterocycles. The molecule has 30 heavy (non-hydrogen) atoms. The molecule has 1 fully saturated rings. The van der Waals surface area contributed by atoms with E-state index in [1.165, 1.54) is 18.6 Å². The molecule has 0 saturated carbocycles. The first-order chi connectivity index (χ1) is 14.5. The van der Waals surface area contributed by atoms with Crippen molar-refractivity contribution in [2.75, 3.05) is 19.6 Å². The van der Waals surface area contributed by atoms with E-state index in [0.717, 1.165) is 42.8 Å². The zero-order chi connectivity index (χ0) is 21.1. The Morgan fingerprint density at radius 2 is 1.97 bits per heavy atom. The molecule has 1 amide bonds. The standard InChI is InChI=1S/C22H26FN5O2/c1-15-18(13-25-27(15)2)21-12-19(26-30-21)22(29)24-14-20(28-10-4-3-5-11-28)16-6-8-17(23)9-7-16/h6-9,12-13,20H,3-5,10-11,14H2,1-2H3,(H,24,29)/t20-/m0/s1. The van der Waals surface area contributed by atoms with Crippen molar-refractivity contribution in [3.8, 4) is 11.3 Å². The van der Waals surface area contributed by atoms with E-state index in [4.69, 9.17) is 4.52 Å². The van der Waals surface area contributed by atoms with Gasteiger partial charge in [0.25, 0.3) is 5.91 Å². The molecule has 7 nitrogen and oxygen atoms in total. The van der Waals surface area contributed by atoms with E-state index in [0.29, 0.717) is 12.3 Å². The quantitative estimate of drug-likeness (QED) is 0.672. The Hall–Kier alpha value is -3.00. The molecular weight excluding hydrogens is 385 g/mol. The molecule has 0 radical (unpaired) electrons. The molecule has 8 heteroatoms. The van der Waals surface area contributed by atoms with Gasteiger partial charge >= 0.3 is 0 Å². The van der Waals surface area contributed by atoms with Crippen molar-refractivity contribution in [2.24, 2.45) is 7.05 Å². The van der Waals surface area contributed by atoms with Gasteiger partial charge in [0.05, 0.1) is 17.8 Å². The summed E-state index contributed by atoms with van der Waals surface area (Å²) in [5, 5.41) is 11.1. The van der Waals surface area contributed by atoms with Crippen molar-refractivity contribution in [3.63, 3.8) is 0 Å². The predicted molar refractivity (Wildman–Crippen MR) is 110 cm³/mol. The SMILES string of the molecule is Cc1c(-c2cc(C(=O)NC[C@@H](c3ccc(F)cc3)N3CCCCC3)no2)cnn1C. The molecule has 0 bridgehead atoms. The molecule has 1 aliphatic heterocycles. The Labute approximate surface area is 174 Å². The molecule has 1 aliphatic rings. The fourth-order valence-corrected chi connectivity index (χ4v) is 3.90. The number of halogens is 1. The highest BCUT2D eigenvalue weighted by Crippen LogP contribution is 2.25. The van der Waals surface area contributed by atoms with Crippen LogP contribution in [0.4, 0.5) is 4.39 Å². The van der Waals surface area contributed by atoms with Crippen LogP contribution in [-0.2, 0) is 7.05 Å². The van der Waals surface area contributed by atoms with E-state index in [9.17, 15) is 9.18 Å². The Morgan fingerprint density at radius 1 is 1.23 bits per heavy atom. The maximum atomic E-state index is 13.4. The van der Waals surface area contributed by atoms with Gasteiger partial charge in [-0.2, -0.15) is 5.10 Å². The number of nitrogens with zero attached hydrogens (tertiary/aromatic N) is 4. The van der Waals surface area contributed by atoms with Crippen LogP contribution in [0.15, 0.2) is 41.1 Å². The summed E-state index contributed by atoms with van der Waals surface area (Å²) >= 11 is 0. The predicted octanol–water partition coefficient (Wildman–Crippen LogP) is 3.48. The molecule has 0 aliphatic carbocycles. The van der Waals surface area contributed by atoms with Crippen LogP contribution in [-0.4, -0.2) is 45.4 Å². The smallest absolute Gasteiger partial charge is 0.273 e. The first kappa shape index (κ1) is 20.3. The van der Waals surface area contributed by atoms with Crippen LogP contribution in [0.1, 0.15) is 47.1 Å². The average molecular weight is 411 g/mol. The van der Waals surface area contributed by atoms with E-state index < -0.39 is 0 Å². The number of nitrogens with one attached hydrogen (secondary N) is 1. The van der Waals surface area contributed by atoms with E-state index in [1.54, 1.807) is 29.1 Å². The fourth-order valence-electron chi connectivity index (χ4n) is 3.90. The van der Waals surface area contributed by atoms with Gasteiger partial charge in [0.1, 0.15) is 5.82 Å². The third-order valence-corrected chi connectivity index (χ3v) is 5.79. The second kappa shape index (κ2) is 8.79. The minimum atomic E-state index is -0.296. The Bertz CT molecular complexity index is 1000. The number of rotatable bonds is 6. The maximum Gasteiger partial charge on any atom is 0.273 e. The van der Waals surface area contributed by atoms with Gasteiger partial charge in [0.15, 0.2) is 11.5 Å². The molecule has 0 spiro atoms. The Balaban J connectivity index is 1.47. The van der Waals surface area contributed by atoms with E-state index in [2.05, 4.69) is 20.5 Å². The molecular formula is C22H26FN5O2. The first-order valence-corrected chi connectivity index (χ1v) is 10.3. The van der Waals surface area contributed by atoms with Gasteiger partial charge in [-0.05, 0) is 50.6 Å². The molecule has 3 heterocycles. The number of benzene rings is 1. The molecule has 3 aromatic rings. The average Bonchev–Trinajstić information content (AvgIpc) is 3.37. The topological polar surface area (TPSA) is 76.2 Å². The van der Waals surface area contributed by atoms with E-state index in [1.807, 2.05) is 14.0 Å². The number of carbonyl (C=O) groups excluding carboxylic acids is 1. The van der Waals surface area contributed by atoms with Crippen molar-refractivity contribution in [3.05, 3.63) is 59.3 Å². The summed E-state index contributed by atoms with van der Waals surface area (Å²) in [7, 11) is 1.85. The molecule has 1 atom stereocenters. The number of piperidine rings is 1. The van der Waals surface area contributed by atoms with Crippen molar-refractivity contribution in [1.82, 2.24) is 25.2 Å². The Morgan fingerprint density at radius 3 is 2.63 bits per heavy atom. The zero-order valence-corrected chi connectivity index (χ0v) is 17.3. The van der Waals surface area contributed by atoms with E-state index >= 15 is 0 Å². The van der Waals surface area contributed by atoms with E-state index in [-0.39, 0.29) is 23.5 Å². The van der Waals surface area contributed by atoms with Crippen LogP contribution in [0.5, 0.6) is 0 Å². The second-order valence-corrected chi connectivity index (χ2v) is 7.72. The summed E-state index contributed by atoms with van der Waals surface area (Å²) < 4.78 is 20.5. The largest absolute Gasteiger partial charge is 0.355 e. The van der Waals surface area contributed by atoms with Gasteiger partial charge in [-0.25, -0.2) is 4.39 Å². The Kier molecular flexibility index (Phi) is 5.94. The zero-order valence-electron chi connectivity index (χ0n) is 17.3. The van der Waals surface area contributed by atoms with Crippen LogP contribution in [0.3, 0.4) is 0 Å². The molecule has 4 rings (SSSR count). The third-order valence-electron chi connectivity index (χ3n) is 5.79. The second-order valence-electron chi connectivity index (χ2n) is 7.72. The highest BCUT2D eigenvalue weighted by atomic mass is 19.1. The lowest BCUT2D eigenvalue weighted by Gasteiger charge is -2.35. The van der Waals surface area contributed by atoms with Crippen LogP contribution in [0.2, 0.25) is 0 Å². The summed E-state index contributed by atoms with van der Waals surface area (Å²) in [6, 6.07) is 8.14. The highest BCUT2D eigenvalue weighted by Gasteiger charge is 2.24. The summed E-state index contributed by atoms with van der Waals surface area (Å²) in [6.45, 7) is 4.27. The molecule has 1 N–H and O–H groups in total. The monoisotopic (exact) mass is 411 g/mol. The number of hydrogen-bond acceptors (Lipinski definition) is 5. The van der Waals surface area contributed by atoms with Crippen LogP contribution >= 0.6 is 0 Å². The summed E-state index contributed by atoms with van der Waals surface area (Å²) in [5.41, 5.74) is 2.95. The minimum absolute atomic E-state index is 0.0122. The normalized spacial score (nSPS) is 15.8. The molecule has 0 unspecified atom stereocenters. The summed E-state index contributed by atoms with van der Waals surface area (Å²) in [6.07, 6.45) is 5.17. The van der Waals surface area contributed by atoms with Crippen molar-refractivity contribution in [1.29, 1.82) is 0 Å². The van der Waals surface area contributed by atoms with Crippen molar-refractivity contribution < 1.29 is 13.7 Å². The van der Waals surface area contributed by atoms with Crippen LogP contribution in [0.25, 0.3) is 11.3 Å². The van der Waals surface area contributed by atoms with Gasteiger partial charge < -0.3 is 9.84 Å². The summed E-state index contributed by atoms with van der Waals surface area (Å²) in [5.74, 6) is -0.0477. The van der Waals surface area contributed by atoms with Gasteiger partial charge in [-0.1, -0.05) is 23.7 Å². The number of carbonyl (C=O) groups is 1. The first-order valence-electron chi connectivity index (χ1n) is 10.3. The number of aryl methyl sites for hydroxylation is 1. The number of amides is 1. The lowest BCUT2D eigenvalue weighted by molar-refractivity contribution is 0.0915.